The van der Waals surface area contributed by atoms with E-state index < -0.39 is 11.8 Å². The Morgan fingerprint density at radius 1 is 1.45 bits per heavy atom. The van der Waals surface area contributed by atoms with E-state index >= 15 is 0 Å². The second kappa shape index (κ2) is 3.11. The lowest BCUT2D eigenvalue weighted by Crippen LogP contribution is -2.29. The van der Waals surface area contributed by atoms with Gasteiger partial charge in [0.1, 0.15) is 5.60 Å². The normalized spacial score (nSPS) is 21.5. The largest absolute Gasteiger partial charge is 0.550 e. The number of ether oxygens (including phenoxy) is 1. The van der Waals surface area contributed by atoms with Crippen molar-refractivity contribution in [2.24, 2.45) is 0 Å². The molecule has 1 radical (unpaired) electrons. The van der Waals surface area contributed by atoms with Gasteiger partial charge >= 0.3 is 6.16 Å². The maximum Gasteiger partial charge on any atom is 0.550 e. The predicted octanol–water partition coefficient (Wildman–Crippen LogP) is 2.28. The summed E-state index contributed by atoms with van der Waals surface area (Å²) in [5.41, 5.74) is -0.404. The Hall–Kier alpha value is -0.730. The van der Waals surface area contributed by atoms with Crippen molar-refractivity contribution in [3.05, 3.63) is 0 Å². The van der Waals surface area contributed by atoms with Crippen LogP contribution >= 0.6 is 0 Å². The number of carbonyl (C=O) groups is 1. The van der Waals surface area contributed by atoms with Gasteiger partial charge in [0.2, 0.25) is 0 Å². The van der Waals surface area contributed by atoms with Gasteiger partial charge in [-0.05, 0) is 32.1 Å². The monoisotopic (exact) mass is 157 g/mol. The third-order valence-electron chi connectivity index (χ3n) is 2.46. The van der Waals surface area contributed by atoms with Crippen LogP contribution in [0.15, 0.2) is 0 Å². The van der Waals surface area contributed by atoms with Crippen LogP contribution in [-0.2, 0) is 9.84 Å². The van der Waals surface area contributed by atoms with Gasteiger partial charge in [-0.15, -0.1) is 0 Å². The van der Waals surface area contributed by atoms with Crippen molar-refractivity contribution >= 4 is 6.16 Å². The summed E-state index contributed by atoms with van der Waals surface area (Å²) in [6.07, 6.45) is 3.24. The first-order valence-electron chi connectivity index (χ1n) is 4.08. The first kappa shape index (κ1) is 8.37. The molecule has 0 N–H and O–H groups in total. The van der Waals surface area contributed by atoms with Crippen LogP contribution in [0.1, 0.15) is 39.0 Å². The minimum absolute atomic E-state index is 0.404. The Labute approximate surface area is 66.4 Å². The molecule has 0 saturated heterocycles. The van der Waals surface area contributed by atoms with E-state index in [1.54, 1.807) is 0 Å². The zero-order valence-corrected chi connectivity index (χ0v) is 6.76. The van der Waals surface area contributed by atoms with Gasteiger partial charge in [-0.2, -0.15) is 9.90 Å². The molecule has 11 heavy (non-hydrogen) atoms. The highest BCUT2D eigenvalue weighted by Gasteiger charge is 2.36. The van der Waals surface area contributed by atoms with Gasteiger partial charge in [-0.1, -0.05) is 6.92 Å². The summed E-state index contributed by atoms with van der Waals surface area (Å²) >= 11 is 0. The molecule has 0 heterocycles. The molecule has 0 aromatic carbocycles. The minimum atomic E-state index is -1.38. The van der Waals surface area contributed by atoms with Crippen molar-refractivity contribution < 1.29 is 14.6 Å². The van der Waals surface area contributed by atoms with E-state index in [0.717, 1.165) is 32.1 Å². The fraction of sp³-hybridized carbons (Fsp3) is 0.875. The minimum Gasteiger partial charge on any atom is -0.425 e. The van der Waals surface area contributed by atoms with E-state index in [4.69, 9.17) is 4.74 Å². The highest BCUT2D eigenvalue weighted by atomic mass is 16.7. The topological polar surface area (TPSA) is 46.2 Å². The molecule has 3 heteroatoms. The van der Waals surface area contributed by atoms with Crippen LogP contribution in [0.4, 0.5) is 4.79 Å². The summed E-state index contributed by atoms with van der Waals surface area (Å²) in [5, 5.41) is 10.2. The molecule has 0 aromatic heterocycles. The Morgan fingerprint density at radius 3 is 2.36 bits per heavy atom. The predicted molar refractivity (Wildman–Crippen MR) is 38.7 cm³/mol. The maximum atomic E-state index is 10.2. The van der Waals surface area contributed by atoms with Crippen molar-refractivity contribution in [2.75, 3.05) is 0 Å². The number of rotatable bonds is 2. The van der Waals surface area contributed by atoms with Crippen LogP contribution < -0.4 is 0 Å². The molecular weight excluding hydrogens is 144 g/mol. The summed E-state index contributed by atoms with van der Waals surface area (Å²) in [6, 6.07) is 0. The first-order valence-corrected chi connectivity index (χ1v) is 4.08. The van der Waals surface area contributed by atoms with Gasteiger partial charge in [0, 0.05) is 0 Å². The van der Waals surface area contributed by atoms with E-state index in [0.29, 0.717) is 0 Å². The van der Waals surface area contributed by atoms with Crippen molar-refractivity contribution in [2.45, 2.75) is 44.6 Å². The van der Waals surface area contributed by atoms with Crippen molar-refractivity contribution in [1.29, 1.82) is 0 Å². The van der Waals surface area contributed by atoms with Crippen LogP contribution in [0.5, 0.6) is 0 Å². The SMILES string of the molecule is CCC1(OC([O])=O)CCCC1. The van der Waals surface area contributed by atoms with Crippen LogP contribution in [0.3, 0.4) is 0 Å². The summed E-state index contributed by atoms with van der Waals surface area (Å²) in [4.78, 5) is 10.2. The highest BCUT2D eigenvalue weighted by Crippen LogP contribution is 2.35. The Balaban J connectivity index is 2.52. The molecular formula is C8H13O3. The van der Waals surface area contributed by atoms with E-state index in [-0.39, 0.29) is 0 Å². The van der Waals surface area contributed by atoms with Gasteiger partial charge in [-0.3, -0.25) is 0 Å². The molecule has 3 nitrogen and oxygen atoms in total. The molecule has 0 amide bonds. The molecule has 0 aliphatic heterocycles. The molecule has 0 atom stereocenters. The zero-order chi connectivity index (χ0) is 8.32. The standard InChI is InChI=1S/C8H13O3/c1-2-8(11-7(9)10)5-3-4-6-8/h2-6H2,1H3. The van der Waals surface area contributed by atoms with E-state index in [1.807, 2.05) is 6.92 Å². The quantitative estimate of drug-likeness (QED) is 0.577. The van der Waals surface area contributed by atoms with Crippen LogP contribution in [-0.4, -0.2) is 11.8 Å². The van der Waals surface area contributed by atoms with Crippen molar-refractivity contribution in [1.82, 2.24) is 0 Å². The lowest BCUT2D eigenvalue weighted by molar-refractivity contribution is -0.0301. The van der Waals surface area contributed by atoms with E-state index in [9.17, 15) is 9.90 Å². The van der Waals surface area contributed by atoms with Crippen molar-refractivity contribution in [3.8, 4) is 0 Å². The molecule has 0 spiro atoms. The van der Waals surface area contributed by atoms with Crippen LogP contribution in [0, 0.1) is 0 Å². The highest BCUT2D eigenvalue weighted by molar-refractivity contribution is 5.57. The summed E-state index contributed by atoms with van der Waals surface area (Å²) < 4.78 is 4.75. The summed E-state index contributed by atoms with van der Waals surface area (Å²) in [5.74, 6) is 0. The smallest absolute Gasteiger partial charge is 0.425 e. The summed E-state index contributed by atoms with van der Waals surface area (Å²) in [7, 11) is 0. The molecule has 0 aromatic rings. The fourth-order valence-electron chi connectivity index (χ4n) is 1.72. The zero-order valence-electron chi connectivity index (χ0n) is 6.76. The average Bonchev–Trinajstić information content (AvgIpc) is 2.36. The Kier molecular flexibility index (Phi) is 2.37. The maximum absolute atomic E-state index is 10.2. The van der Waals surface area contributed by atoms with E-state index in [2.05, 4.69) is 0 Å². The van der Waals surface area contributed by atoms with Gasteiger partial charge in [-0.25, -0.2) is 0 Å². The molecule has 1 rings (SSSR count). The molecule has 0 bridgehead atoms. The average molecular weight is 157 g/mol. The van der Waals surface area contributed by atoms with Crippen molar-refractivity contribution in [3.63, 3.8) is 0 Å². The van der Waals surface area contributed by atoms with Gasteiger partial charge < -0.3 is 4.74 Å². The first-order chi connectivity index (χ1) is 5.18. The molecule has 0 unspecified atom stereocenters. The van der Waals surface area contributed by atoms with Gasteiger partial charge in [0.05, 0.1) is 0 Å². The fourth-order valence-corrected chi connectivity index (χ4v) is 1.72. The number of hydrogen-bond donors (Lipinski definition) is 0. The molecule has 63 valence electrons. The molecule has 1 aliphatic carbocycles. The Bertz CT molecular complexity index is 147. The molecule has 1 saturated carbocycles. The van der Waals surface area contributed by atoms with E-state index in [1.165, 1.54) is 0 Å². The summed E-state index contributed by atoms with van der Waals surface area (Å²) in [6.45, 7) is 1.95. The number of carbonyl (C=O) groups excluding carboxylic acids is 1. The van der Waals surface area contributed by atoms with Gasteiger partial charge in [0.25, 0.3) is 0 Å². The second-order valence-corrected chi connectivity index (χ2v) is 3.10. The molecule has 1 aliphatic rings. The van der Waals surface area contributed by atoms with Crippen LogP contribution in [0.25, 0.3) is 0 Å². The lowest BCUT2D eigenvalue weighted by Gasteiger charge is -2.24. The third-order valence-corrected chi connectivity index (χ3v) is 2.46. The Morgan fingerprint density at radius 2 is 2.00 bits per heavy atom. The second-order valence-electron chi connectivity index (χ2n) is 3.10. The van der Waals surface area contributed by atoms with Gasteiger partial charge in [0.15, 0.2) is 0 Å². The lowest BCUT2D eigenvalue weighted by atomic mass is 9.99. The number of hydrogen-bond acceptors (Lipinski definition) is 2. The van der Waals surface area contributed by atoms with Crippen LogP contribution in [0.2, 0.25) is 0 Å². The molecule has 1 fully saturated rings. The third kappa shape index (κ3) is 1.85.